The summed E-state index contributed by atoms with van der Waals surface area (Å²) in [6.45, 7) is 4.73. The highest BCUT2D eigenvalue weighted by molar-refractivity contribution is 5.79. The summed E-state index contributed by atoms with van der Waals surface area (Å²) in [5, 5.41) is 3.08. The lowest BCUT2D eigenvalue weighted by Crippen LogP contribution is -2.10. The number of nitrogens with zero attached hydrogens (tertiary/aromatic N) is 2. The number of fused-ring (bicyclic) bond motifs is 1. The van der Waals surface area contributed by atoms with Crippen molar-refractivity contribution in [2.75, 3.05) is 7.05 Å². The predicted octanol–water partition coefficient (Wildman–Crippen LogP) is 3.50. The van der Waals surface area contributed by atoms with Crippen molar-refractivity contribution < 1.29 is 4.39 Å². The van der Waals surface area contributed by atoms with Crippen LogP contribution < -0.4 is 5.32 Å². The first-order chi connectivity index (χ1) is 10.1. The SMILES string of the molecule is CNCc1cccc(F)c1-n1cnc2cc(C)c(C)cc21. The standard InChI is InChI=1S/C17H18FN3/c1-11-7-15-16(8-12(11)2)21(10-20-15)17-13(9-19-3)5-4-6-14(17)18/h4-8,10,19H,9H2,1-3H3. The zero-order valence-corrected chi connectivity index (χ0v) is 12.4. The molecule has 1 heterocycles. The molecule has 0 radical (unpaired) electrons. The van der Waals surface area contributed by atoms with Crippen molar-refractivity contribution in [3.63, 3.8) is 0 Å². The predicted molar refractivity (Wildman–Crippen MR) is 83.3 cm³/mol. The van der Waals surface area contributed by atoms with Crippen LogP contribution >= 0.6 is 0 Å². The van der Waals surface area contributed by atoms with Gasteiger partial charge in [0.15, 0.2) is 0 Å². The fraction of sp³-hybridized carbons (Fsp3) is 0.235. The molecule has 0 atom stereocenters. The van der Waals surface area contributed by atoms with E-state index in [-0.39, 0.29) is 5.82 Å². The van der Waals surface area contributed by atoms with E-state index < -0.39 is 0 Å². The Morgan fingerprint density at radius 3 is 2.71 bits per heavy atom. The fourth-order valence-corrected chi connectivity index (χ4v) is 2.61. The summed E-state index contributed by atoms with van der Waals surface area (Å²) in [4.78, 5) is 4.42. The molecule has 3 nitrogen and oxygen atoms in total. The van der Waals surface area contributed by atoms with Gasteiger partial charge in [-0.2, -0.15) is 0 Å². The Morgan fingerprint density at radius 1 is 1.19 bits per heavy atom. The molecule has 4 heteroatoms. The summed E-state index contributed by atoms with van der Waals surface area (Å²) >= 11 is 0. The highest BCUT2D eigenvalue weighted by atomic mass is 19.1. The van der Waals surface area contributed by atoms with Crippen LogP contribution in [0.25, 0.3) is 16.7 Å². The molecule has 2 aromatic carbocycles. The van der Waals surface area contributed by atoms with Crippen molar-refractivity contribution >= 4 is 11.0 Å². The van der Waals surface area contributed by atoms with Gasteiger partial charge in [-0.3, -0.25) is 4.57 Å². The van der Waals surface area contributed by atoms with Gasteiger partial charge in [0, 0.05) is 6.54 Å². The van der Waals surface area contributed by atoms with Gasteiger partial charge in [0.05, 0.1) is 16.7 Å². The van der Waals surface area contributed by atoms with Crippen LogP contribution in [0.3, 0.4) is 0 Å². The van der Waals surface area contributed by atoms with Gasteiger partial charge in [-0.05, 0) is 55.8 Å². The van der Waals surface area contributed by atoms with Gasteiger partial charge in [-0.1, -0.05) is 12.1 Å². The summed E-state index contributed by atoms with van der Waals surface area (Å²) in [5.74, 6) is -0.236. The van der Waals surface area contributed by atoms with Crippen LogP contribution in [0.4, 0.5) is 4.39 Å². The monoisotopic (exact) mass is 283 g/mol. The Balaban J connectivity index is 2.28. The molecular weight excluding hydrogens is 265 g/mol. The smallest absolute Gasteiger partial charge is 0.147 e. The molecule has 0 unspecified atom stereocenters. The minimum atomic E-state index is -0.236. The molecule has 3 aromatic rings. The lowest BCUT2D eigenvalue weighted by molar-refractivity contribution is 0.614. The maximum absolute atomic E-state index is 14.4. The zero-order chi connectivity index (χ0) is 15.0. The van der Waals surface area contributed by atoms with Gasteiger partial charge >= 0.3 is 0 Å². The number of para-hydroxylation sites is 1. The van der Waals surface area contributed by atoms with Crippen LogP contribution in [0.1, 0.15) is 16.7 Å². The van der Waals surface area contributed by atoms with Crippen LogP contribution in [0.5, 0.6) is 0 Å². The number of rotatable bonds is 3. The lowest BCUT2D eigenvalue weighted by atomic mass is 10.1. The molecule has 21 heavy (non-hydrogen) atoms. The van der Waals surface area contributed by atoms with Crippen LogP contribution in [0.15, 0.2) is 36.7 Å². The number of hydrogen-bond donors (Lipinski definition) is 1. The second-order valence-corrected chi connectivity index (χ2v) is 5.32. The van der Waals surface area contributed by atoms with E-state index in [0.717, 1.165) is 16.6 Å². The van der Waals surface area contributed by atoms with E-state index in [0.29, 0.717) is 12.2 Å². The molecule has 1 N–H and O–H groups in total. The minimum absolute atomic E-state index is 0.236. The minimum Gasteiger partial charge on any atom is -0.316 e. The van der Waals surface area contributed by atoms with Gasteiger partial charge < -0.3 is 5.32 Å². The van der Waals surface area contributed by atoms with E-state index in [9.17, 15) is 4.39 Å². The van der Waals surface area contributed by atoms with E-state index in [4.69, 9.17) is 0 Å². The van der Waals surface area contributed by atoms with E-state index in [1.807, 2.05) is 23.7 Å². The second kappa shape index (κ2) is 5.30. The molecule has 108 valence electrons. The zero-order valence-electron chi connectivity index (χ0n) is 12.4. The summed E-state index contributed by atoms with van der Waals surface area (Å²) < 4.78 is 16.2. The molecule has 0 saturated heterocycles. The number of hydrogen-bond acceptors (Lipinski definition) is 2. The van der Waals surface area contributed by atoms with Gasteiger partial charge in [-0.25, -0.2) is 9.37 Å². The lowest BCUT2D eigenvalue weighted by Gasteiger charge is -2.12. The van der Waals surface area contributed by atoms with Gasteiger partial charge in [0.2, 0.25) is 0 Å². The van der Waals surface area contributed by atoms with Crippen LogP contribution in [0, 0.1) is 19.7 Å². The Morgan fingerprint density at radius 2 is 1.95 bits per heavy atom. The summed E-state index contributed by atoms with van der Waals surface area (Å²) in [5.41, 5.74) is 5.66. The molecule has 0 aliphatic heterocycles. The molecular formula is C17H18FN3. The van der Waals surface area contributed by atoms with Crippen molar-refractivity contribution in [3.8, 4) is 5.69 Å². The number of nitrogens with one attached hydrogen (secondary N) is 1. The van der Waals surface area contributed by atoms with Crippen LogP contribution in [0.2, 0.25) is 0 Å². The third kappa shape index (κ3) is 2.32. The molecule has 0 aliphatic carbocycles. The van der Waals surface area contributed by atoms with Gasteiger partial charge in [-0.15, -0.1) is 0 Å². The summed E-state index contributed by atoms with van der Waals surface area (Å²) in [6.07, 6.45) is 1.70. The Bertz CT molecular complexity index is 805. The van der Waals surface area contributed by atoms with Crippen LogP contribution in [-0.2, 0) is 6.54 Å². The van der Waals surface area contributed by atoms with E-state index in [1.54, 1.807) is 12.4 Å². The maximum Gasteiger partial charge on any atom is 0.147 e. The second-order valence-electron chi connectivity index (χ2n) is 5.32. The number of halogens is 1. The number of benzene rings is 2. The Kier molecular flexibility index (Phi) is 3.47. The average Bonchev–Trinajstić information content (AvgIpc) is 2.83. The van der Waals surface area contributed by atoms with Crippen molar-refractivity contribution in [2.24, 2.45) is 0 Å². The van der Waals surface area contributed by atoms with Crippen molar-refractivity contribution in [3.05, 3.63) is 59.2 Å². The summed E-state index contributed by atoms with van der Waals surface area (Å²) in [7, 11) is 1.86. The van der Waals surface area contributed by atoms with E-state index in [2.05, 4.69) is 30.2 Å². The molecule has 0 fully saturated rings. The normalized spacial score (nSPS) is 11.2. The first-order valence-electron chi connectivity index (χ1n) is 6.98. The maximum atomic E-state index is 14.4. The van der Waals surface area contributed by atoms with Crippen molar-refractivity contribution in [1.82, 2.24) is 14.9 Å². The molecule has 0 saturated carbocycles. The largest absolute Gasteiger partial charge is 0.316 e. The third-order valence-corrected chi connectivity index (χ3v) is 3.84. The number of imidazole rings is 1. The van der Waals surface area contributed by atoms with Crippen molar-refractivity contribution in [1.29, 1.82) is 0 Å². The molecule has 1 aromatic heterocycles. The summed E-state index contributed by atoms with van der Waals surface area (Å²) in [6, 6.07) is 9.26. The number of aromatic nitrogens is 2. The highest BCUT2D eigenvalue weighted by Gasteiger charge is 2.14. The quantitative estimate of drug-likeness (QED) is 0.797. The topological polar surface area (TPSA) is 29.9 Å². The molecule has 0 aliphatic rings. The molecule has 0 amide bonds. The molecule has 0 spiro atoms. The van der Waals surface area contributed by atoms with Gasteiger partial charge in [0.25, 0.3) is 0 Å². The van der Waals surface area contributed by atoms with E-state index >= 15 is 0 Å². The van der Waals surface area contributed by atoms with Gasteiger partial charge in [0.1, 0.15) is 12.1 Å². The Hall–Kier alpha value is -2.20. The highest BCUT2D eigenvalue weighted by Crippen LogP contribution is 2.25. The van der Waals surface area contributed by atoms with Crippen molar-refractivity contribution in [2.45, 2.75) is 20.4 Å². The first kappa shape index (κ1) is 13.8. The molecule has 3 rings (SSSR count). The van der Waals surface area contributed by atoms with Crippen LogP contribution in [-0.4, -0.2) is 16.6 Å². The Labute approximate surface area is 123 Å². The average molecular weight is 283 g/mol. The molecule has 0 bridgehead atoms. The first-order valence-corrected chi connectivity index (χ1v) is 6.98. The van der Waals surface area contributed by atoms with E-state index in [1.165, 1.54) is 17.2 Å². The number of aryl methyl sites for hydroxylation is 2. The fourth-order valence-electron chi connectivity index (χ4n) is 2.61. The third-order valence-electron chi connectivity index (χ3n) is 3.84.